The monoisotopic (exact) mass is 447 g/mol. The average Bonchev–Trinajstić information content (AvgIpc) is 3.26. The zero-order valence-electron chi connectivity index (χ0n) is 16.9. The molecule has 32 heavy (non-hydrogen) atoms. The van der Waals surface area contributed by atoms with E-state index in [1.54, 1.807) is 24.3 Å². The number of nitrogens with zero attached hydrogens (tertiary/aromatic N) is 2. The normalized spacial score (nSPS) is 13.3. The minimum atomic E-state index is -4.46. The predicted octanol–water partition coefficient (Wildman–Crippen LogP) is 3.11. The van der Waals surface area contributed by atoms with Crippen molar-refractivity contribution in [3.05, 3.63) is 83.7 Å². The first-order valence-electron chi connectivity index (χ1n) is 9.57. The Kier molecular flexibility index (Phi) is 6.94. The number of ether oxygens (including phenoxy) is 1. The highest BCUT2D eigenvalue weighted by molar-refractivity contribution is 5.96. The van der Waals surface area contributed by atoms with Gasteiger partial charge in [-0.3, -0.25) is 4.79 Å². The molecule has 1 amide bonds. The van der Waals surface area contributed by atoms with Crippen molar-refractivity contribution in [3.63, 3.8) is 0 Å². The summed E-state index contributed by atoms with van der Waals surface area (Å²) in [5.41, 5.74) is 0.298. The summed E-state index contributed by atoms with van der Waals surface area (Å²) in [4.78, 5) is 24.9. The Morgan fingerprint density at radius 3 is 2.38 bits per heavy atom. The number of nitrogens with one attached hydrogen (secondary N) is 1. The minimum absolute atomic E-state index is 0.0232. The molecule has 2 aromatic carbocycles. The standard InChI is InChI=1S/C22H20F3N3O4/c1-14(29)19(21(31)32-13-15-5-3-2-4-6-15)27-20(30)16-11-26-28(12-16)18-9-7-17(8-10-18)22(23,24)25/h2-12,14,19,29H,13H2,1H3,(H,27,30)/t14-,19-/m0/s1. The summed E-state index contributed by atoms with van der Waals surface area (Å²) in [6, 6.07) is 11.8. The zero-order chi connectivity index (χ0) is 23.3. The number of halogens is 3. The number of benzene rings is 2. The first-order chi connectivity index (χ1) is 15.1. The van der Waals surface area contributed by atoms with Crippen LogP contribution in [-0.4, -0.2) is 38.9 Å². The van der Waals surface area contributed by atoms with E-state index in [0.29, 0.717) is 5.69 Å². The number of amides is 1. The number of hydrogen-bond acceptors (Lipinski definition) is 5. The van der Waals surface area contributed by atoms with Crippen molar-refractivity contribution in [2.75, 3.05) is 0 Å². The molecule has 168 valence electrons. The molecule has 0 saturated carbocycles. The van der Waals surface area contributed by atoms with E-state index < -0.39 is 35.8 Å². The van der Waals surface area contributed by atoms with Crippen molar-refractivity contribution in [2.24, 2.45) is 0 Å². The summed E-state index contributed by atoms with van der Waals surface area (Å²) in [5.74, 6) is -1.52. The number of aliphatic hydroxyl groups excluding tert-OH is 1. The number of aliphatic hydroxyl groups is 1. The summed E-state index contributed by atoms with van der Waals surface area (Å²) in [6.45, 7) is 1.31. The lowest BCUT2D eigenvalue weighted by Crippen LogP contribution is -2.48. The van der Waals surface area contributed by atoms with Crippen LogP contribution in [0.15, 0.2) is 67.0 Å². The molecule has 2 atom stereocenters. The van der Waals surface area contributed by atoms with Crippen LogP contribution >= 0.6 is 0 Å². The molecule has 0 radical (unpaired) electrons. The first kappa shape index (κ1) is 23.0. The Bertz CT molecular complexity index is 1060. The van der Waals surface area contributed by atoms with Crippen molar-refractivity contribution in [1.29, 1.82) is 0 Å². The summed E-state index contributed by atoms with van der Waals surface area (Å²) < 4.78 is 44.5. The molecule has 0 unspecified atom stereocenters. The molecule has 0 saturated heterocycles. The number of carbonyl (C=O) groups is 2. The summed E-state index contributed by atoms with van der Waals surface area (Å²) in [5, 5.41) is 16.3. The minimum Gasteiger partial charge on any atom is -0.459 e. The highest BCUT2D eigenvalue weighted by atomic mass is 19.4. The third kappa shape index (κ3) is 5.73. The second kappa shape index (κ2) is 9.65. The Labute approximate surface area is 181 Å². The summed E-state index contributed by atoms with van der Waals surface area (Å²) >= 11 is 0. The second-order valence-electron chi connectivity index (χ2n) is 7.00. The van der Waals surface area contributed by atoms with Gasteiger partial charge in [0.05, 0.1) is 29.1 Å². The van der Waals surface area contributed by atoms with Crippen molar-refractivity contribution in [2.45, 2.75) is 31.9 Å². The molecule has 0 fully saturated rings. The van der Waals surface area contributed by atoms with Crippen LogP contribution in [0.3, 0.4) is 0 Å². The lowest BCUT2D eigenvalue weighted by Gasteiger charge is -2.19. The van der Waals surface area contributed by atoms with Gasteiger partial charge in [-0.2, -0.15) is 18.3 Å². The van der Waals surface area contributed by atoms with Crippen LogP contribution < -0.4 is 5.32 Å². The first-order valence-corrected chi connectivity index (χ1v) is 9.57. The molecule has 3 rings (SSSR count). The zero-order valence-corrected chi connectivity index (χ0v) is 16.9. The molecule has 1 aromatic heterocycles. The van der Waals surface area contributed by atoms with Crippen LogP contribution in [0.1, 0.15) is 28.4 Å². The maximum Gasteiger partial charge on any atom is 0.416 e. The van der Waals surface area contributed by atoms with Crippen molar-refractivity contribution >= 4 is 11.9 Å². The van der Waals surface area contributed by atoms with Crippen LogP contribution in [0, 0.1) is 0 Å². The predicted molar refractivity (Wildman–Crippen MR) is 108 cm³/mol. The van der Waals surface area contributed by atoms with Gasteiger partial charge >= 0.3 is 12.1 Å². The van der Waals surface area contributed by atoms with E-state index in [4.69, 9.17) is 4.74 Å². The average molecular weight is 447 g/mol. The quantitative estimate of drug-likeness (QED) is 0.543. The third-order valence-electron chi connectivity index (χ3n) is 4.55. The van der Waals surface area contributed by atoms with Gasteiger partial charge in [0.2, 0.25) is 0 Å². The molecule has 0 aliphatic rings. The van der Waals surface area contributed by atoms with Crippen molar-refractivity contribution in [1.82, 2.24) is 15.1 Å². The van der Waals surface area contributed by atoms with Gasteiger partial charge in [0.25, 0.3) is 5.91 Å². The molecule has 3 aromatic rings. The van der Waals surface area contributed by atoms with Crippen molar-refractivity contribution in [3.8, 4) is 5.69 Å². The molecule has 7 nitrogen and oxygen atoms in total. The summed E-state index contributed by atoms with van der Waals surface area (Å²) in [7, 11) is 0. The largest absolute Gasteiger partial charge is 0.459 e. The summed E-state index contributed by atoms with van der Waals surface area (Å²) in [6.07, 6.45) is -3.20. The van der Waals surface area contributed by atoms with E-state index in [2.05, 4.69) is 10.4 Å². The van der Waals surface area contributed by atoms with Gasteiger partial charge in [0.1, 0.15) is 6.61 Å². The SMILES string of the molecule is C[C@H](O)[C@H](NC(=O)c1cnn(-c2ccc(C(F)(F)F)cc2)c1)C(=O)OCc1ccccc1. The molecule has 0 aliphatic carbocycles. The third-order valence-corrected chi connectivity index (χ3v) is 4.55. The smallest absolute Gasteiger partial charge is 0.416 e. The molecule has 0 spiro atoms. The number of rotatable bonds is 7. The Balaban J connectivity index is 1.66. The molecule has 2 N–H and O–H groups in total. The topological polar surface area (TPSA) is 93.5 Å². The number of alkyl halides is 3. The van der Waals surface area contributed by atoms with Crippen LogP contribution in [0.2, 0.25) is 0 Å². The van der Waals surface area contributed by atoms with Gasteiger partial charge in [-0.1, -0.05) is 30.3 Å². The van der Waals surface area contributed by atoms with Gasteiger partial charge in [-0.05, 0) is 36.8 Å². The van der Waals surface area contributed by atoms with Gasteiger partial charge in [0.15, 0.2) is 6.04 Å². The number of hydrogen-bond donors (Lipinski definition) is 2. The van der Waals surface area contributed by atoms with Crippen LogP contribution in [0.5, 0.6) is 0 Å². The van der Waals surface area contributed by atoms with Crippen LogP contribution in [0.4, 0.5) is 13.2 Å². The second-order valence-corrected chi connectivity index (χ2v) is 7.00. The molecular formula is C22H20F3N3O4. The van der Waals surface area contributed by atoms with Crippen LogP contribution in [-0.2, 0) is 22.3 Å². The number of carbonyl (C=O) groups excluding carboxylic acids is 2. The van der Waals surface area contributed by atoms with E-state index in [9.17, 15) is 27.9 Å². The van der Waals surface area contributed by atoms with E-state index in [-0.39, 0.29) is 12.2 Å². The number of esters is 1. The Hall–Kier alpha value is -3.66. The van der Waals surface area contributed by atoms with Gasteiger partial charge < -0.3 is 15.2 Å². The van der Waals surface area contributed by atoms with E-state index in [1.165, 1.54) is 36.1 Å². The van der Waals surface area contributed by atoms with Gasteiger partial charge in [0, 0.05) is 6.20 Å². The fourth-order valence-electron chi connectivity index (χ4n) is 2.80. The van der Waals surface area contributed by atoms with E-state index in [0.717, 1.165) is 17.7 Å². The molecule has 0 bridgehead atoms. The fraction of sp³-hybridized carbons (Fsp3) is 0.227. The highest BCUT2D eigenvalue weighted by Crippen LogP contribution is 2.29. The Morgan fingerprint density at radius 2 is 1.78 bits per heavy atom. The molecule has 0 aliphatic heterocycles. The lowest BCUT2D eigenvalue weighted by molar-refractivity contribution is -0.150. The lowest BCUT2D eigenvalue weighted by atomic mass is 10.1. The highest BCUT2D eigenvalue weighted by Gasteiger charge is 2.30. The Morgan fingerprint density at radius 1 is 1.12 bits per heavy atom. The fourth-order valence-corrected chi connectivity index (χ4v) is 2.80. The van der Waals surface area contributed by atoms with E-state index in [1.807, 2.05) is 6.07 Å². The molecular weight excluding hydrogens is 427 g/mol. The molecule has 1 heterocycles. The molecule has 10 heteroatoms. The van der Waals surface area contributed by atoms with Crippen molar-refractivity contribution < 1.29 is 32.6 Å². The van der Waals surface area contributed by atoms with E-state index >= 15 is 0 Å². The maximum absolute atomic E-state index is 12.7. The van der Waals surface area contributed by atoms with Crippen LogP contribution in [0.25, 0.3) is 5.69 Å². The maximum atomic E-state index is 12.7. The van der Waals surface area contributed by atoms with Gasteiger partial charge in [-0.15, -0.1) is 0 Å². The van der Waals surface area contributed by atoms with Gasteiger partial charge in [-0.25, -0.2) is 9.48 Å². The number of aromatic nitrogens is 2.